The molecule has 0 spiro atoms. The van der Waals surface area contributed by atoms with Gasteiger partial charge in [0.15, 0.2) is 6.61 Å². The molecule has 29 heavy (non-hydrogen) atoms. The Balaban J connectivity index is 1.46. The number of fused-ring (bicyclic) bond motifs is 1. The van der Waals surface area contributed by atoms with E-state index >= 15 is 0 Å². The molecule has 2 N–H and O–H groups in total. The standard InChI is InChI=1S/C24H26N2O3/c1-3-17(2)18-11-13-21(14-12-18)29-16-24(28)26-25-23(27)15-20-9-6-8-19-7-4-5-10-22(19)20/h4-14,17H,3,15-16H2,1-2H3,(H,25,27)(H,26,28). The first kappa shape index (κ1) is 20.4. The average Bonchev–Trinajstić information content (AvgIpc) is 2.76. The number of ether oxygens (including phenoxy) is 1. The fraction of sp³-hybridized carbons (Fsp3) is 0.250. The molecule has 2 amide bonds. The number of carbonyl (C=O) groups excluding carboxylic acids is 2. The topological polar surface area (TPSA) is 67.4 Å². The Hall–Kier alpha value is -3.34. The molecule has 0 fully saturated rings. The molecule has 5 heteroatoms. The lowest BCUT2D eigenvalue weighted by atomic mass is 9.99. The molecule has 150 valence electrons. The molecular weight excluding hydrogens is 364 g/mol. The largest absolute Gasteiger partial charge is 0.484 e. The average molecular weight is 390 g/mol. The molecule has 5 nitrogen and oxygen atoms in total. The van der Waals surface area contributed by atoms with Gasteiger partial charge in [-0.15, -0.1) is 0 Å². The second kappa shape index (κ2) is 9.73. The molecule has 1 atom stereocenters. The van der Waals surface area contributed by atoms with Crippen LogP contribution < -0.4 is 15.6 Å². The molecule has 0 aliphatic carbocycles. The minimum absolute atomic E-state index is 0.169. The second-order valence-electron chi connectivity index (χ2n) is 7.08. The number of hydrogen-bond donors (Lipinski definition) is 2. The lowest BCUT2D eigenvalue weighted by Gasteiger charge is -2.11. The predicted octanol–water partition coefficient (Wildman–Crippen LogP) is 4.12. The van der Waals surface area contributed by atoms with Crippen molar-refractivity contribution in [3.63, 3.8) is 0 Å². The fourth-order valence-electron chi connectivity index (χ4n) is 3.12. The van der Waals surface area contributed by atoms with Gasteiger partial charge in [0, 0.05) is 0 Å². The first-order valence-corrected chi connectivity index (χ1v) is 9.84. The smallest absolute Gasteiger partial charge is 0.276 e. The number of amides is 2. The van der Waals surface area contributed by atoms with Crippen molar-refractivity contribution < 1.29 is 14.3 Å². The van der Waals surface area contributed by atoms with Crippen LogP contribution in [0.1, 0.15) is 37.3 Å². The summed E-state index contributed by atoms with van der Waals surface area (Å²) >= 11 is 0. The van der Waals surface area contributed by atoms with Gasteiger partial charge in [-0.25, -0.2) is 0 Å². The summed E-state index contributed by atoms with van der Waals surface area (Å²) in [5.41, 5.74) is 6.99. The monoisotopic (exact) mass is 390 g/mol. The van der Waals surface area contributed by atoms with E-state index in [9.17, 15) is 9.59 Å². The fourth-order valence-corrected chi connectivity index (χ4v) is 3.12. The SMILES string of the molecule is CCC(C)c1ccc(OCC(=O)NNC(=O)Cc2cccc3ccccc23)cc1. The van der Waals surface area contributed by atoms with Gasteiger partial charge in [0.05, 0.1) is 6.42 Å². The molecule has 0 aliphatic heterocycles. The van der Waals surface area contributed by atoms with Crippen LogP contribution in [0.3, 0.4) is 0 Å². The molecule has 0 heterocycles. The van der Waals surface area contributed by atoms with E-state index in [2.05, 4.69) is 24.7 Å². The van der Waals surface area contributed by atoms with Crippen LogP contribution in [0.25, 0.3) is 10.8 Å². The molecule has 0 radical (unpaired) electrons. The lowest BCUT2D eigenvalue weighted by molar-refractivity contribution is -0.129. The van der Waals surface area contributed by atoms with Crippen LogP contribution in [0.2, 0.25) is 0 Å². The first-order valence-electron chi connectivity index (χ1n) is 9.84. The van der Waals surface area contributed by atoms with Crippen molar-refractivity contribution >= 4 is 22.6 Å². The molecule has 0 saturated heterocycles. The maximum Gasteiger partial charge on any atom is 0.276 e. The third kappa shape index (κ3) is 5.57. The molecule has 0 bridgehead atoms. The molecule has 3 aromatic carbocycles. The van der Waals surface area contributed by atoms with Crippen molar-refractivity contribution in [3.8, 4) is 5.75 Å². The van der Waals surface area contributed by atoms with Crippen LogP contribution >= 0.6 is 0 Å². The number of benzene rings is 3. The Labute approximate surface area is 171 Å². The minimum Gasteiger partial charge on any atom is -0.484 e. The second-order valence-corrected chi connectivity index (χ2v) is 7.08. The van der Waals surface area contributed by atoms with E-state index in [0.717, 1.165) is 22.8 Å². The molecule has 0 saturated carbocycles. The van der Waals surface area contributed by atoms with Crippen molar-refractivity contribution in [2.24, 2.45) is 0 Å². The van der Waals surface area contributed by atoms with Gasteiger partial charge in [-0.3, -0.25) is 20.4 Å². The normalized spacial score (nSPS) is 11.7. The zero-order valence-electron chi connectivity index (χ0n) is 16.8. The summed E-state index contributed by atoms with van der Waals surface area (Å²) < 4.78 is 5.48. The number of carbonyl (C=O) groups is 2. The predicted molar refractivity (Wildman–Crippen MR) is 115 cm³/mol. The quantitative estimate of drug-likeness (QED) is 0.596. The zero-order chi connectivity index (χ0) is 20.6. The maximum atomic E-state index is 12.2. The van der Waals surface area contributed by atoms with Crippen LogP contribution in [-0.4, -0.2) is 18.4 Å². The third-order valence-electron chi connectivity index (χ3n) is 5.00. The van der Waals surface area contributed by atoms with Gasteiger partial charge in [0.2, 0.25) is 5.91 Å². The summed E-state index contributed by atoms with van der Waals surface area (Å²) in [5.74, 6) is 0.411. The van der Waals surface area contributed by atoms with Gasteiger partial charge >= 0.3 is 0 Å². The van der Waals surface area contributed by atoms with E-state index in [1.807, 2.05) is 66.7 Å². The van der Waals surface area contributed by atoms with Crippen molar-refractivity contribution in [1.82, 2.24) is 10.9 Å². The molecule has 3 aromatic rings. The minimum atomic E-state index is -0.415. The van der Waals surface area contributed by atoms with Gasteiger partial charge in [0.25, 0.3) is 5.91 Å². The summed E-state index contributed by atoms with van der Waals surface area (Å²) in [7, 11) is 0. The van der Waals surface area contributed by atoms with Gasteiger partial charge < -0.3 is 4.74 Å². The lowest BCUT2D eigenvalue weighted by Crippen LogP contribution is -2.44. The Kier molecular flexibility index (Phi) is 6.85. The van der Waals surface area contributed by atoms with Crippen LogP contribution in [0.5, 0.6) is 5.75 Å². The Morgan fingerprint density at radius 2 is 1.59 bits per heavy atom. The van der Waals surface area contributed by atoms with Crippen LogP contribution in [0, 0.1) is 0 Å². The zero-order valence-corrected chi connectivity index (χ0v) is 16.8. The van der Waals surface area contributed by atoms with Crippen LogP contribution in [0.15, 0.2) is 66.7 Å². The Bertz CT molecular complexity index is 978. The van der Waals surface area contributed by atoms with Crippen molar-refractivity contribution in [2.75, 3.05) is 6.61 Å². The highest BCUT2D eigenvalue weighted by Gasteiger charge is 2.09. The summed E-state index contributed by atoms with van der Waals surface area (Å²) in [6.07, 6.45) is 1.25. The number of hydrazine groups is 1. The van der Waals surface area contributed by atoms with E-state index in [-0.39, 0.29) is 18.9 Å². The molecular formula is C24H26N2O3. The van der Waals surface area contributed by atoms with Crippen molar-refractivity contribution in [2.45, 2.75) is 32.6 Å². The van der Waals surface area contributed by atoms with E-state index in [1.54, 1.807) is 0 Å². The van der Waals surface area contributed by atoms with Crippen molar-refractivity contribution in [3.05, 3.63) is 77.9 Å². The van der Waals surface area contributed by atoms with E-state index in [4.69, 9.17) is 4.74 Å². The van der Waals surface area contributed by atoms with E-state index in [1.165, 1.54) is 5.56 Å². The van der Waals surface area contributed by atoms with Crippen molar-refractivity contribution in [1.29, 1.82) is 0 Å². The Morgan fingerprint density at radius 1 is 0.897 bits per heavy atom. The number of hydrogen-bond acceptors (Lipinski definition) is 3. The van der Waals surface area contributed by atoms with Crippen LogP contribution in [0.4, 0.5) is 0 Å². The molecule has 0 aromatic heterocycles. The number of nitrogens with one attached hydrogen (secondary N) is 2. The third-order valence-corrected chi connectivity index (χ3v) is 5.00. The van der Waals surface area contributed by atoms with Crippen LogP contribution in [-0.2, 0) is 16.0 Å². The number of rotatable bonds is 7. The summed E-state index contributed by atoms with van der Waals surface area (Å²) in [4.78, 5) is 24.2. The molecule has 0 aliphatic rings. The highest BCUT2D eigenvalue weighted by atomic mass is 16.5. The highest BCUT2D eigenvalue weighted by molar-refractivity contribution is 5.91. The Morgan fingerprint density at radius 3 is 2.34 bits per heavy atom. The van der Waals surface area contributed by atoms with Gasteiger partial charge in [-0.05, 0) is 46.4 Å². The van der Waals surface area contributed by atoms with Gasteiger partial charge in [0.1, 0.15) is 5.75 Å². The maximum absolute atomic E-state index is 12.2. The summed E-state index contributed by atoms with van der Waals surface area (Å²) in [5, 5.41) is 2.11. The first-order chi connectivity index (χ1) is 14.1. The molecule has 3 rings (SSSR count). The van der Waals surface area contributed by atoms with Gasteiger partial charge in [-0.2, -0.15) is 0 Å². The summed E-state index contributed by atoms with van der Waals surface area (Å²) in [6, 6.07) is 21.5. The van der Waals surface area contributed by atoms with E-state index in [0.29, 0.717) is 11.7 Å². The summed E-state index contributed by atoms with van der Waals surface area (Å²) in [6.45, 7) is 4.15. The van der Waals surface area contributed by atoms with E-state index < -0.39 is 5.91 Å². The van der Waals surface area contributed by atoms with Gasteiger partial charge in [-0.1, -0.05) is 68.4 Å². The molecule has 1 unspecified atom stereocenters. The highest BCUT2D eigenvalue weighted by Crippen LogP contribution is 2.21.